The molecule has 0 radical (unpaired) electrons. The molecular formula is C24H20FNO4. The zero-order valence-electron chi connectivity index (χ0n) is 16.0. The second kappa shape index (κ2) is 8.37. The molecule has 1 atom stereocenters. The summed E-state index contributed by atoms with van der Waals surface area (Å²) in [5.41, 5.74) is 4.83. The van der Waals surface area contributed by atoms with Gasteiger partial charge < -0.3 is 15.2 Å². The fraction of sp³-hybridized carbons (Fsp3) is 0.167. The third-order valence-electron chi connectivity index (χ3n) is 5.26. The third kappa shape index (κ3) is 4.03. The van der Waals surface area contributed by atoms with Crippen LogP contribution in [-0.2, 0) is 16.0 Å². The van der Waals surface area contributed by atoms with Crippen molar-refractivity contribution in [2.24, 2.45) is 0 Å². The molecule has 0 spiro atoms. The monoisotopic (exact) mass is 405 g/mol. The van der Waals surface area contributed by atoms with Crippen molar-refractivity contribution in [1.29, 1.82) is 0 Å². The van der Waals surface area contributed by atoms with Crippen LogP contribution < -0.4 is 5.32 Å². The lowest BCUT2D eigenvalue weighted by molar-refractivity contribution is -0.139. The summed E-state index contributed by atoms with van der Waals surface area (Å²) in [6.07, 6.45) is -0.863. The van der Waals surface area contributed by atoms with E-state index in [-0.39, 0.29) is 18.9 Å². The number of nitrogens with one attached hydrogen (secondary N) is 1. The first-order valence-corrected chi connectivity index (χ1v) is 9.61. The van der Waals surface area contributed by atoms with Crippen molar-refractivity contribution in [3.63, 3.8) is 0 Å². The van der Waals surface area contributed by atoms with E-state index in [9.17, 15) is 19.1 Å². The van der Waals surface area contributed by atoms with Crippen molar-refractivity contribution in [3.8, 4) is 11.1 Å². The highest BCUT2D eigenvalue weighted by atomic mass is 19.1. The normalized spacial score (nSPS) is 13.2. The zero-order chi connectivity index (χ0) is 21.1. The fourth-order valence-corrected chi connectivity index (χ4v) is 3.88. The first kappa shape index (κ1) is 19.6. The molecule has 3 aromatic rings. The Morgan fingerprint density at radius 1 is 0.967 bits per heavy atom. The predicted octanol–water partition coefficient (Wildman–Crippen LogP) is 4.36. The van der Waals surface area contributed by atoms with Crippen LogP contribution in [0.15, 0.2) is 72.8 Å². The van der Waals surface area contributed by atoms with Crippen LogP contribution in [0.4, 0.5) is 9.18 Å². The minimum Gasteiger partial charge on any atom is -0.480 e. The maximum Gasteiger partial charge on any atom is 0.407 e. The van der Waals surface area contributed by atoms with Crippen molar-refractivity contribution < 1.29 is 23.8 Å². The first-order chi connectivity index (χ1) is 14.5. The van der Waals surface area contributed by atoms with Crippen LogP contribution in [-0.4, -0.2) is 29.8 Å². The Hall–Kier alpha value is -3.67. The quantitative estimate of drug-likeness (QED) is 0.639. The number of carboxylic acid groups (broad SMARTS) is 1. The van der Waals surface area contributed by atoms with E-state index in [1.54, 1.807) is 6.07 Å². The molecule has 0 saturated heterocycles. The van der Waals surface area contributed by atoms with Crippen LogP contribution in [0.2, 0.25) is 0 Å². The number of carbonyl (C=O) groups excluding carboxylic acids is 1. The Morgan fingerprint density at radius 3 is 2.20 bits per heavy atom. The molecule has 2 N–H and O–H groups in total. The van der Waals surface area contributed by atoms with Crippen molar-refractivity contribution in [3.05, 3.63) is 95.3 Å². The molecule has 1 aliphatic rings. The van der Waals surface area contributed by atoms with E-state index in [1.807, 2.05) is 48.5 Å². The van der Waals surface area contributed by atoms with Crippen molar-refractivity contribution >= 4 is 12.1 Å². The van der Waals surface area contributed by atoms with E-state index in [4.69, 9.17) is 4.74 Å². The number of carboxylic acids is 1. The highest BCUT2D eigenvalue weighted by Gasteiger charge is 2.29. The van der Waals surface area contributed by atoms with Gasteiger partial charge in [-0.15, -0.1) is 0 Å². The number of amides is 1. The van der Waals surface area contributed by atoms with Gasteiger partial charge in [0, 0.05) is 12.3 Å². The molecule has 1 amide bonds. The van der Waals surface area contributed by atoms with Crippen LogP contribution in [0.25, 0.3) is 11.1 Å². The molecule has 3 aromatic carbocycles. The van der Waals surface area contributed by atoms with Gasteiger partial charge in [-0.25, -0.2) is 14.0 Å². The molecule has 0 aromatic heterocycles. The summed E-state index contributed by atoms with van der Waals surface area (Å²) in [5.74, 6) is -1.79. The minimum absolute atomic E-state index is 0.0444. The molecule has 0 aliphatic heterocycles. The van der Waals surface area contributed by atoms with Gasteiger partial charge in [0.2, 0.25) is 0 Å². The highest BCUT2D eigenvalue weighted by molar-refractivity contribution is 5.81. The van der Waals surface area contributed by atoms with Gasteiger partial charge in [-0.3, -0.25) is 0 Å². The second-order valence-corrected chi connectivity index (χ2v) is 7.19. The van der Waals surface area contributed by atoms with Gasteiger partial charge in [0.25, 0.3) is 0 Å². The van der Waals surface area contributed by atoms with E-state index >= 15 is 0 Å². The van der Waals surface area contributed by atoms with Crippen molar-refractivity contribution in [2.45, 2.75) is 18.4 Å². The number of benzene rings is 3. The largest absolute Gasteiger partial charge is 0.480 e. The van der Waals surface area contributed by atoms with Crippen LogP contribution in [0.5, 0.6) is 0 Å². The van der Waals surface area contributed by atoms with E-state index in [2.05, 4.69) is 5.32 Å². The molecule has 0 fully saturated rings. The van der Waals surface area contributed by atoms with Gasteiger partial charge in [-0.05, 0) is 39.9 Å². The van der Waals surface area contributed by atoms with Crippen LogP contribution in [0, 0.1) is 5.82 Å². The van der Waals surface area contributed by atoms with Gasteiger partial charge >= 0.3 is 12.1 Å². The van der Waals surface area contributed by atoms with Gasteiger partial charge in [-0.1, -0.05) is 60.7 Å². The smallest absolute Gasteiger partial charge is 0.407 e. The Morgan fingerprint density at radius 2 is 1.60 bits per heavy atom. The van der Waals surface area contributed by atoms with E-state index < -0.39 is 23.9 Å². The standard InChI is InChI=1S/C24H20FNO4/c25-16-7-5-6-15(12-16)13-22(23(27)28)26-24(29)30-14-21-19-10-3-1-8-17(19)18-9-2-4-11-20(18)21/h1-12,21-22H,13-14H2,(H,26,29)(H,27,28)/t22-/m0/s1. The number of carbonyl (C=O) groups is 2. The number of rotatable bonds is 6. The summed E-state index contributed by atoms with van der Waals surface area (Å²) < 4.78 is 18.8. The molecule has 0 heterocycles. The number of halogens is 1. The molecule has 0 unspecified atom stereocenters. The van der Waals surface area contributed by atoms with E-state index in [0.29, 0.717) is 5.56 Å². The lowest BCUT2D eigenvalue weighted by Crippen LogP contribution is -2.42. The lowest BCUT2D eigenvalue weighted by atomic mass is 9.98. The summed E-state index contributed by atoms with van der Waals surface area (Å²) in [6, 6.07) is 20.3. The Labute approximate surface area is 173 Å². The van der Waals surface area contributed by atoms with Crippen LogP contribution in [0.1, 0.15) is 22.6 Å². The van der Waals surface area contributed by atoms with Gasteiger partial charge in [0.15, 0.2) is 0 Å². The third-order valence-corrected chi connectivity index (χ3v) is 5.26. The SMILES string of the molecule is O=C(N[C@@H](Cc1cccc(F)c1)C(=O)O)OCC1c2ccccc2-c2ccccc21. The van der Waals surface area contributed by atoms with E-state index in [0.717, 1.165) is 22.3 Å². The number of hydrogen-bond acceptors (Lipinski definition) is 3. The highest BCUT2D eigenvalue weighted by Crippen LogP contribution is 2.44. The lowest BCUT2D eigenvalue weighted by Gasteiger charge is -2.17. The fourth-order valence-electron chi connectivity index (χ4n) is 3.88. The number of alkyl carbamates (subject to hydrolysis) is 1. The average Bonchev–Trinajstić information content (AvgIpc) is 3.06. The summed E-state index contributed by atoms with van der Waals surface area (Å²) in [7, 11) is 0. The average molecular weight is 405 g/mol. The summed E-state index contributed by atoms with van der Waals surface area (Å²) in [4.78, 5) is 23.9. The minimum atomic E-state index is -1.22. The number of hydrogen-bond donors (Lipinski definition) is 2. The molecule has 0 saturated carbocycles. The van der Waals surface area contributed by atoms with E-state index in [1.165, 1.54) is 18.2 Å². The predicted molar refractivity (Wildman–Crippen MR) is 110 cm³/mol. The van der Waals surface area contributed by atoms with Crippen molar-refractivity contribution in [2.75, 3.05) is 6.61 Å². The molecule has 0 bridgehead atoms. The Bertz CT molecular complexity index is 1050. The van der Waals surface area contributed by atoms with Crippen LogP contribution >= 0.6 is 0 Å². The zero-order valence-corrected chi connectivity index (χ0v) is 16.0. The maximum atomic E-state index is 13.4. The Kier molecular flexibility index (Phi) is 5.48. The maximum absolute atomic E-state index is 13.4. The molecular weight excluding hydrogens is 385 g/mol. The van der Waals surface area contributed by atoms with Gasteiger partial charge in [0.1, 0.15) is 18.5 Å². The van der Waals surface area contributed by atoms with Crippen LogP contribution in [0.3, 0.4) is 0 Å². The molecule has 5 nitrogen and oxygen atoms in total. The molecule has 30 heavy (non-hydrogen) atoms. The summed E-state index contributed by atoms with van der Waals surface area (Å²) >= 11 is 0. The topological polar surface area (TPSA) is 75.6 Å². The number of ether oxygens (including phenoxy) is 1. The summed E-state index contributed by atoms with van der Waals surface area (Å²) in [6.45, 7) is 0.0894. The first-order valence-electron chi connectivity index (χ1n) is 9.61. The molecule has 152 valence electrons. The molecule has 4 rings (SSSR count). The van der Waals surface area contributed by atoms with Gasteiger partial charge in [0.05, 0.1) is 0 Å². The summed E-state index contributed by atoms with van der Waals surface area (Å²) in [5, 5.41) is 11.8. The number of fused-ring (bicyclic) bond motifs is 3. The molecule has 1 aliphatic carbocycles. The second-order valence-electron chi connectivity index (χ2n) is 7.19. The molecule has 6 heteroatoms. The number of aliphatic carboxylic acids is 1. The van der Waals surface area contributed by atoms with Crippen molar-refractivity contribution in [1.82, 2.24) is 5.32 Å². The Balaban J connectivity index is 1.43. The van der Waals surface area contributed by atoms with Gasteiger partial charge in [-0.2, -0.15) is 0 Å².